The van der Waals surface area contributed by atoms with E-state index in [0.717, 1.165) is 25.0 Å². The molecule has 2 atom stereocenters. The summed E-state index contributed by atoms with van der Waals surface area (Å²) in [5, 5.41) is 17.8. The van der Waals surface area contributed by atoms with Crippen molar-refractivity contribution in [3.05, 3.63) is 12.2 Å². The van der Waals surface area contributed by atoms with Gasteiger partial charge in [-0.3, -0.25) is 4.79 Å². The summed E-state index contributed by atoms with van der Waals surface area (Å²) in [6.07, 6.45) is 3.23. The lowest BCUT2D eigenvalue weighted by atomic mass is 9.93. The number of amides is 1. The number of nitrogens with zero attached hydrogens (tertiary/aromatic N) is 1. The second-order valence-electron chi connectivity index (χ2n) is 4.10. The van der Waals surface area contributed by atoms with Crippen LogP contribution < -0.4 is 0 Å². The lowest BCUT2D eigenvalue weighted by Gasteiger charge is -2.33. The normalized spacial score (nSPS) is 23.4. The topological polar surface area (TPSA) is 77.8 Å². The van der Waals surface area contributed by atoms with Gasteiger partial charge in [0.2, 0.25) is 5.91 Å². The van der Waals surface area contributed by atoms with Crippen LogP contribution in [0.15, 0.2) is 12.2 Å². The minimum Gasteiger partial charge on any atom is -0.478 e. The lowest BCUT2D eigenvalue weighted by molar-refractivity contribution is -0.133. The Morgan fingerprint density at radius 2 is 2.12 bits per heavy atom. The van der Waals surface area contributed by atoms with Gasteiger partial charge in [-0.05, 0) is 19.8 Å². The number of aliphatic hydroxyl groups excluding tert-OH is 1. The van der Waals surface area contributed by atoms with Crippen LogP contribution >= 0.6 is 0 Å². The summed E-state index contributed by atoms with van der Waals surface area (Å²) in [6.45, 7) is 2.85. The van der Waals surface area contributed by atoms with Gasteiger partial charge in [0.25, 0.3) is 0 Å². The first-order valence-corrected chi connectivity index (χ1v) is 5.38. The minimum absolute atomic E-state index is 0.0935. The monoisotopic (exact) mass is 227 g/mol. The maximum atomic E-state index is 11.6. The van der Waals surface area contributed by atoms with Crippen molar-refractivity contribution in [1.29, 1.82) is 0 Å². The van der Waals surface area contributed by atoms with Crippen LogP contribution in [0.3, 0.4) is 0 Å². The molecule has 0 bridgehead atoms. The van der Waals surface area contributed by atoms with Crippen LogP contribution in [0.1, 0.15) is 19.8 Å². The third kappa shape index (κ3) is 3.66. The van der Waals surface area contributed by atoms with Crippen LogP contribution in [0.4, 0.5) is 0 Å². The Kier molecular flexibility index (Phi) is 4.49. The zero-order chi connectivity index (χ0) is 12.1. The van der Waals surface area contributed by atoms with E-state index in [9.17, 15) is 14.7 Å². The first kappa shape index (κ1) is 12.7. The summed E-state index contributed by atoms with van der Waals surface area (Å²) in [4.78, 5) is 23.4. The van der Waals surface area contributed by atoms with Crippen molar-refractivity contribution in [2.45, 2.75) is 25.9 Å². The number of likely N-dealkylation sites (tertiary alicyclic amines) is 1. The maximum Gasteiger partial charge on any atom is 0.328 e. The molecule has 0 radical (unpaired) electrons. The standard InChI is InChI=1S/C11H17NO4/c1-8(13)9-3-2-6-12(7-9)10(14)4-5-11(15)16/h4-5,8-9,13H,2-3,6-7H2,1H3,(H,15,16)/b5-4+/t8-,9+/m1/s1. The Hall–Kier alpha value is -1.36. The smallest absolute Gasteiger partial charge is 0.328 e. The molecule has 0 aromatic rings. The highest BCUT2D eigenvalue weighted by Crippen LogP contribution is 2.19. The molecule has 90 valence electrons. The molecule has 2 N–H and O–H groups in total. The van der Waals surface area contributed by atoms with Crippen LogP contribution in [-0.2, 0) is 9.59 Å². The van der Waals surface area contributed by atoms with E-state index in [4.69, 9.17) is 5.11 Å². The largest absolute Gasteiger partial charge is 0.478 e. The van der Waals surface area contributed by atoms with Crippen LogP contribution in [0, 0.1) is 5.92 Å². The summed E-state index contributed by atoms with van der Waals surface area (Å²) in [6, 6.07) is 0. The summed E-state index contributed by atoms with van der Waals surface area (Å²) in [7, 11) is 0. The third-order valence-corrected chi connectivity index (χ3v) is 2.82. The highest BCUT2D eigenvalue weighted by atomic mass is 16.4. The molecule has 0 aliphatic carbocycles. The van der Waals surface area contributed by atoms with E-state index < -0.39 is 12.1 Å². The number of rotatable bonds is 3. The minimum atomic E-state index is -1.13. The van der Waals surface area contributed by atoms with Crippen LogP contribution in [0.5, 0.6) is 0 Å². The van der Waals surface area contributed by atoms with Crippen molar-refractivity contribution >= 4 is 11.9 Å². The molecule has 0 saturated carbocycles. The molecule has 5 nitrogen and oxygen atoms in total. The number of aliphatic hydroxyl groups is 1. The SMILES string of the molecule is C[C@@H](O)[C@H]1CCCN(C(=O)/C=C/C(=O)O)C1. The first-order valence-electron chi connectivity index (χ1n) is 5.38. The fourth-order valence-corrected chi connectivity index (χ4v) is 1.85. The molecule has 0 spiro atoms. The Bertz CT molecular complexity index is 298. The van der Waals surface area contributed by atoms with Gasteiger partial charge in [-0.25, -0.2) is 4.79 Å². The zero-order valence-corrected chi connectivity index (χ0v) is 9.30. The predicted molar refractivity (Wildman–Crippen MR) is 57.8 cm³/mol. The Morgan fingerprint density at radius 3 is 2.69 bits per heavy atom. The number of aliphatic carboxylic acids is 1. The van der Waals surface area contributed by atoms with Crippen molar-refractivity contribution in [2.24, 2.45) is 5.92 Å². The molecule has 5 heteroatoms. The lowest BCUT2D eigenvalue weighted by Crippen LogP contribution is -2.42. The van der Waals surface area contributed by atoms with Gasteiger partial charge >= 0.3 is 5.97 Å². The Labute approximate surface area is 94.4 Å². The van der Waals surface area contributed by atoms with E-state index in [1.54, 1.807) is 11.8 Å². The molecule has 1 saturated heterocycles. The number of carbonyl (C=O) groups is 2. The average Bonchev–Trinajstić information content (AvgIpc) is 2.26. The quantitative estimate of drug-likeness (QED) is 0.677. The van der Waals surface area contributed by atoms with Gasteiger partial charge in [0.1, 0.15) is 0 Å². The molecule has 16 heavy (non-hydrogen) atoms. The fourth-order valence-electron chi connectivity index (χ4n) is 1.85. The van der Waals surface area contributed by atoms with Gasteiger partial charge in [0, 0.05) is 31.2 Å². The van der Waals surface area contributed by atoms with E-state index in [0.29, 0.717) is 13.1 Å². The molecule has 0 aromatic carbocycles. The molecule has 1 fully saturated rings. The number of carboxylic acids is 1. The summed E-state index contributed by atoms with van der Waals surface area (Å²) >= 11 is 0. The van der Waals surface area contributed by atoms with Crippen LogP contribution in [0.2, 0.25) is 0 Å². The van der Waals surface area contributed by atoms with Gasteiger partial charge in [0.05, 0.1) is 6.10 Å². The summed E-state index contributed by atoms with van der Waals surface area (Å²) in [5.41, 5.74) is 0. The average molecular weight is 227 g/mol. The van der Waals surface area contributed by atoms with Gasteiger partial charge in [-0.1, -0.05) is 0 Å². The van der Waals surface area contributed by atoms with Gasteiger partial charge < -0.3 is 15.1 Å². The van der Waals surface area contributed by atoms with E-state index in [1.165, 1.54) is 0 Å². The predicted octanol–water partition coefficient (Wildman–Crippen LogP) is 0.247. The number of hydrogen-bond donors (Lipinski definition) is 2. The van der Waals surface area contributed by atoms with Crippen LogP contribution in [0.25, 0.3) is 0 Å². The molecular formula is C11H17NO4. The van der Waals surface area contributed by atoms with Crippen molar-refractivity contribution < 1.29 is 19.8 Å². The fraction of sp³-hybridized carbons (Fsp3) is 0.636. The first-order chi connectivity index (χ1) is 7.50. The van der Waals surface area contributed by atoms with Gasteiger partial charge in [0.15, 0.2) is 0 Å². The molecule has 0 unspecified atom stereocenters. The second kappa shape index (κ2) is 5.65. The van der Waals surface area contributed by atoms with Crippen molar-refractivity contribution in [3.8, 4) is 0 Å². The van der Waals surface area contributed by atoms with Gasteiger partial charge in [-0.15, -0.1) is 0 Å². The van der Waals surface area contributed by atoms with Gasteiger partial charge in [-0.2, -0.15) is 0 Å². The van der Waals surface area contributed by atoms with Crippen molar-refractivity contribution in [1.82, 2.24) is 4.90 Å². The van der Waals surface area contributed by atoms with Crippen molar-refractivity contribution in [3.63, 3.8) is 0 Å². The van der Waals surface area contributed by atoms with E-state index >= 15 is 0 Å². The van der Waals surface area contributed by atoms with E-state index in [-0.39, 0.29) is 11.8 Å². The molecule has 1 amide bonds. The maximum absolute atomic E-state index is 11.6. The zero-order valence-electron chi connectivity index (χ0n) is 9.30. The Morgan fingerprint density at radius 1 is 1.44 bits per heavy atom. The molecule has 0 aromatic heterocycles. The Balaban J connectivity index is 2.53. The number of piperidine rings is 1. The molecule has 1 heterocycles. The number of carboxylic acid groups (broad SMARTS) is 1. The highest BCUT2D eigenvalue weighted by Gasteiger charge is 2.25. The molecule has 1 aliphatic heterocycles. The number of carbonyl (C=O) groups excluding carboxylic acids is 1. The second-order valence-corrected chi connectivity index (χ2v) is 4.10. The van der Waals surface area contributed by atoms with E-state index in [2.05, 4.69) is 0 Å². The molecule has 1 aliphatic rings. The van der Waals surface area contributed by atoms with Crippen molar-refractivity contribution in [2.75, 3.05) is 13.1 Å². The summed E-state index contributed by atoms with van der Waals surface area (Å²) in [5.74, 6) is -1.33. The summed E-state index contributed by atoms with van der Waals surface area (Å²) < 4.78 is 0. The number of hydrogen-bond acceptors (Lipinski definition) is 3. The van der Waals surface area contributed by atoms with Crippen LogP contribution in [-0.4, -0.2) is 46.2 Å². The third-order valence-electron chi connectivity index (χ3n) is 2.82. The molecular weight excluding hydrogens is 210 g/mol. The highest BCUT2D eigenvalue weighted by molar-refractivity contribution is 5.93. The molecule has 1 rings (SSSR count). The van der Waals surface area contributed by atoms with E-state index in [1.807, 2.05) is 0 Å².